The number of hydrogen-bond donors (Lipinski definition) is 2. The highest BCUT2D eigenvalue weighted by Gasteiger charge is 2.23. The Labute approximate surface area is 225 Å². The lowest BCUT2D eigenvalue weighted by Crippen LogP contribution is -2.36. The number of aliphatic hydroxyl groups is 1. The van der Waals surface area contributed by atoms with E-state index in [9.17, 15) is 14.7 Å². The van der Waals surface area contributed by atoms with E-state index in [1.807, 2.05) is 36.4 Å². The van der Waals surface area contributed by atoms with Crippen molar-refractivity contribution in [2.45, 2.75) is 25.8 Å². The Morgan fingerprint density at radius 1 is 1.13 bits per heavy atom. The first-order valence-electron chi connectivity index (χ1n) is 13.1. The van der Waals surface area contributed by atoms with Crippen molar-refractivity contribution in [2.24, 2.45) is 0 Å². The Balaban J connectivity index is 1.30. The van der Waals surface area contributed by atoms with Crippen molar-refractivity contribution < 1.29 is 19.1 Å². The van der Waals surface area contributed by atoms with Gasteiger partial charge < -0.3 is 19.9 Å². The third kappa shape index (κ3) is 6.06. The van der Waals surface area contributed by atoms with Gasteiger partial charge in [0.1, 0.15) is 5.69 Å². The second-order valence-electron chi connectivity index (χ2n) is 9.58. The Hall–Kier alpha value is -4.31. The van der Waals surface area contributed by atoms with Crippen molar-refractivity contribution in [1.82, 2.24) is 29.8 Å². The normalized spacial score (nSPS) is 13.5. The van der Waals surface area contributed by atoms with Crippen molar-refractivity contribution in [3.8, 4) is 0 Å². The molecule has 1 aliphatic rings. The van der Waals surface area contributed by atoms with E-state index >= 15 is 4.39 Å². The maximum absolute atomic E-state index is 15.8. The summed E-state index contributed by atoms with van der Waals surface area (Å²) in [5, 5.41) is 17.8. The van der Waals surface area contributed by atoms with Gasteiger partial charge in [0.2, 0.25) is 5.91 Å². The molecule has 2 aromatic heterocycles. The zero-order chi connectivity index (χ0) is 27.2. The van der Waals surface area contributed by atoms with Gasteiger partial charge in [0, 0.05) is 49.7 Å². The molecule has 0 bridgehead atoms. The molecular weight excluding hydrogens is 499 g/mol. The van der Waals surface area contributed by atoms with Gasteiger partial charge in [0.25, 0.3) is 5.91 Å². The number of amides is 2. The largest absolute Gasteiger partial charge is 0.395 e. The Morgan fingerprint density at radius 2 is 1.97 bits per heavy atom. The second kappa shape index (κ2) is 12.0. The van der Waals surface area contributed by atoms with E-state index < -0.39 is 5.82 Å². The predicted octanol–water partition coefficient (Wildman–Crippen LogP) is 3.28. The van der Waals surface area contributed by atoms with Crippen LogP contribution < -0.4 is 0 Å². The van der Waals surface area contributed by atoms with Crippen molar-refractivity contribution in [3.05, 3.63) is 89.6 Å². The quantitative estimate of drug-likeness (QED) is 0.327. The lowest BCUT2D eigenvalue weighted by atomic mass is 9.99. The predicted molar refractivity (Wildman–Crippen MR) is 145 cm³/mol. The minimum atomic E-state index is -0.451. The Kier molecular flexibility index (Phi) is 8.12. The minimum absolute atomic E-state index is 0.0233. The molecule has 0 unspecified atom stereocenters. The van der Waals surface area contributed by atoms with Gasteiger partial charge in [-0.15, -0.1) is 5.10 Å². The van der Waals surface area contributed by atoms with Crippen LogP contribution in [0.15, 0.2) is 67.0 Å². The van der Waals surface area contributed by atoms with Crippen LogP contribution in [0.2, 0.25) is 0 Å². The summed E-state index contributed by atoms with van der Waals surface area (Å²) < 4.78 is 17.4. The molecule has 5 rings (SSSR count). The van der Waals surface area contributed by atoms with Gasteiger partial charge in [-0.25, -0.2) is 4.39 Å². The van der Waals surface area contributed by atoms with Crippen molar-refractivity contribution in [1.29, 1.82) is 0 Å². The Bertz CT molecular complexity index is 1470. The number of nitrogens with one attached hydrogen (secondary N) is 1. The fraction of sp³-hybridized carbons (Fsp3) is 0.310. The molecule has 2 amide bonds. The summed E-state index contributed by atoms with van der Waals surface area (Å²) in [4.78, 5) is 32.4. The smallest absolute Gasteiger partial charge is 0.270 e. The number of benzene rings is 2. The summed E-state index contributed by atoms with van der Waals surface area (Å²) in [7, 11) is 0. The molecule has 0 aliphatic carbocycles. The average molecular weight is 531 g/mol. The van der Waals surface area contributed by atoms with Gasteiger partial charge in [-0.2, -0.15) is 0 Å². The minimum Gasteiger partial charge on any atom is -0.395 e. The van der Waals surface area contributed by atoms with Crippen LogP contribution in [-0.4, -0.2) is 79.5 Å². The highest BCUT2D eigenvalue weighted by molar-refractivity contribution is 5.99. The van der Waals surface area contributed by atoms with E-state index in [1.54, 1.807) is 45.1 Å². The van der Waals surface area contributed by atoms with Crippen LogP contribution in [0.5, 0.6) is 0 Å². The fourth-order valence-electron chi connectivity index (χ4n) is 4.91. The number of aromatic nitrogens is 4. The molecule has 0 radical (unpaired) electrons. The molecule has 3 heterocycles. The number of carbonyl (C=O) groups excluding carboxylic acids is 2. The van der Waals surface area contributed by atoms with Gasteiger partial charge in [-0.05, 0) is 30.0 Å². The number of halogens is 1. The van der Waals surface area contributed by atoms with Crippen molar-refractivity contribution >= 4 is 28.3 Å². The summed E-state index contributed by atoms with van der Waals surface area (Å²) in [6, 6.07) is 15.0. The third-order valence-electron chi connectivity index (χ3n) is 7.01. The number of fused-ring (bicyclic) bond motifs is 1. The summed E-state index contributed by atoms with van der Waals surface area (Å²) in [6.45, 7) is 1.78. The van der Waals surface area contributed by atoms with E-state index in [0.717, 1.165) is 11.1 Å². The highest BCUT2D eigenvalue weighted by Crippen LogP contribution is 2.29. The molecule has 1 aliphatic heterocycles. The number of hydrogen-bond acceptors (Lipinski definition) is 5. The van der Waals surface area contributed by atoms with Gasteiger partial charge >= 0.3 is 0 Å². The van der Waals surface area contributed by atoms with Crippen LogP contribution in [0, 0.1) is 5.82 Å². The SMILES string of the molecule is O=C(CCn1ccnn1)N1CCC=C(c2ccc3cc(C(=O)N(CCO)CCc4ccccc4)[nH]c3c2F)C1. The number of rotatable bonds is 10. The summed E-state index contributed by atoms with van der Waals surface area (Å²) in [6.07, 6.45) is 6.81. The molecule has 0 saturated heterocycles. The standard InChI is InChI=1S/C29H31FN6O3/c30-27-24(23-7-4-13-35(20-23)26(38)11-15-36-16-12-31-33-36)9-8-22-19-25(32-28(22)27)29(39)34(17-18-37)14-10-21-5-2-1-3-6-21/h1-3,5-9,12,16,19,32,37H,4,10-11,13-15,17-18,20H2. The maximum Gasteiger partial charge on any atom is 0.270 e. The number of carbonyl (C=O) groups is 2. The van der Waals surface area contributed by atoms with Crippen LogP contribution in [0.3, 0.4) is 0 Å². The molecule has 2 N–H and O–H groups in total. The van der Waals surface area contributed by atoms with E-state index in [0.29, 0.717) is 50.0 Å². The van der Waals surface area contributed by atoms with Gasteiger partial charge in [-0.1, -0.05) is 53.8 Å². The monoisotopic (exact) mass is 530 g/mol. The first-order valence-corrected chi connectivity index (χ1v) is 13.1. The van der Waals surface area contributed by atoms with Crippen LogP contribution in [-0.2, 0) is 17.8 Å². The first-order chi connectivity index (χ1) is 19.0. The molecule has 39 heavy (non-hydrogen) atoms. The topological polar surface area (TPSA) is 107 Å². The lowest BCUT2D eigenvalue weighted by Gasteiger charge is -2.28. The molecule has 0 saturated carbocycles. The fourth-order valence-corrected chi connectivity index (χ4v) is 4.91. The number of nitrogens with zero attached hydrogens (tertiary/aromatic N) is 5. The van der Waals surface area contributed by atoms with Crippen LogP contribution in [0.1, 0.15) is 34.5 Å². The van der Waals surface area contributed by atoms with E-state index in [2.05, 4.69) is 15.3 Å². The van der Waals surface area contributed by atoms with Crippen molar-refractivity contribution in [2.75, 3.05) is 32.8 Å². The van der Waals surface area contributed by atoms with E-state index in [4.69, 9.17) is 0 Å². The summed E-state index contributed by atoms with van der Waals surface area (Å²) >= 11 is 0. The van der Waals surface area contributed by atoms with Crippen LogP contribution in [0.4, 0.5) is 4.39 Å². The molecule has 2 aromatic carbocycles. The molecule has 9 nitrogen and oxygen atoms in total. The van der Waals surface area contributed by atoms with Gasteiger partial charge in [0.15, 0.2) is 5.82 Å². The first kappa shape index (κ1) is 26.3. The molecule has 202 valence electrons. The number of aliphatic hydroxyl groups excluding tert-OH is 1. The van der Waals surface area contributed by atoms with Crippen molar-refractivity contribution in [3.63, 3.8) is 0 Å². The summed E-state index contributed by atoms with van der Waals surface area (Å²) in [5.74, 6) is -0.768. The molecule has 0 spiro atoms. The molecule has 0 atom stereocenters. The zero-order valence-corrected chi connectivity index (χ0v) is 21.6. The Morgan fingerprint density at radius 3 is 2.74 bits per heavy atom. The lowest BCUT2D eigenvalue weighted by molar-refractivity contribution is -0.131. The zero-order valence-electron chi connectivity index (χ0n) is 21.6. The molecule has 10 heteroatoms. The summed E-state index contributed by atoms with van der Waals surface area (Å²) in [5.41, 5.74) is 2.76. The highest BCUT2D eigenvalue weighted by atomic mass is 19.1. The molecule has 0 fully saturated rings. The van der Waals surface area contributed by atoms with Gasteiger partial charge in [0.05, 0.1) is 24.9 Å². The van der Waals surface area contributed by atoms with E-state index in [-0.39, 0.29) is 42.6 Å². The molecule has 4 aromatic rings. The van der Waals surface area contributed by atoms with Gasteiger partial charge in [-0.3, -0.25) is 14.3 Å². The number of aryl methyl sites for hydroxylation is 1. The number of aromatic amines is 1. The maximum atomic E-state index is 15.8. The molecular formula is C29H31FN6O3. The van der Waals surface area contributed by atoms with Crippen LogP contribution >= 0.6 is 0 Å². The average Bonchev–Trinajstić information content (AvgIpc) is 3.65. The van der Waals surface area contributed by atoms with E-state index in [1.165, 1.54) is 0 Å². The third-order valence-corrected chi connectivity index (χ3v) is 7.01. The second-order valence-corrected chi connectivity index (χ2v) is 9.58. The number of H-pyrrole nitrogens is 1. The van der Waals surface area contributed by atoms with Crippen LogP contribution in [0.25, 0.3) is 16.5 Å².